The summed E-state index contributed by atoms with van der Waals surface area (Å²) in [6.45, 7) is 1.40. The van der Waals surface area contributed by atoms with Crippen LogP contribution in [0.1, 0.15) is 87.2 Å². The summed E-state index contributed by atoms with van der Waals surface area (Å²) in [5.74, 6) is 1.84. The van der Waals surface area contributed by atoms with Crippen LogP contribution in [-0.4, -0.2) is 38.2 Å². The monoisotopic (exact) mass is 384 g/mol. The molecule has 5 aliphatic rings. The lowest BCUT2D eigenvalue weighted by Crippen LogP contribution is -2.49. The van der Waals surface area contributed by atoms with E-state index in [1.165, 1.54) is 25.7 Å². The number of nitrogens with zero attached hydrogens (tertiary/aromatic N) is 2. The molecule has 152 valence electrons. The number of carbonyl (C=O) groups excluding carboxylic acids is 1. The highest BCUT2D eigenvalue weighted by atomic mass is 16.3. The second kappa shape index (κ2) is 7.16. The van der Waals surface area contributed by atoms with Gasteiger partial charge in [-0.3, -0.25) is 9.36 Å². The maximum Gasteiger partial charge on any atom is 0.222 e. The van der Waals surface area contributed by atoms with Crippen molar-refractivity contribution in [3.63, 3.8) is 0 Å². The molecule has 1 aromatic rings. The highest BCUT2D eigenvalue weighted by molar-refractivity contribution is 5.76. The smallest absolute Gasteiger partial charge is 0.222 e. The molecule has 1 saturated heterocycles. The van der Waals surface area contributed by atoms with Crippen molar-refractivity contribution in [2.75, 3.05) is 6.54 Å². The standard InChI is InChI=1S/C23H32N2O3/c26-19(24-13-3-6-15-5-1-2-7-18(15)24)8-4-14-25-22(27)20-16-9-10-17(12-11-16)21(20)23(25)28/h9-10,15-18,27-28H,1-8,11-14H2. The van der Waals surface area contributed by atoms with Crippen LogP contribution in [0.5, 0.6) is 11.8 Å². The van der Waals surface area contributed by atoms with Crippen LogP contribution in [0.3, 0.4) is 0 Å². The van der Waals surface area contributed by atoms with Gasteiger partial charge in [-0.1, -0.05) is 25.0 Å². The first kappa shape index (κ1) is 18.1. The molecule has 5 nitrogen and oxygen atoms in total. The van der Waals surface area contributed by atoms with E-state index in [1.54, 1.807) is 4.57 Å². The lowest BCUT2D eigenvalue weighted by atomic mass is 9.73. The molecule has 0 aromatic carbocycles. The molecular weight excluding hydrogens is 352 g/mol. The number of hydrogen-bond acceptors (Lipinski definition) is 3. The number of fused-ring (bicyclic) bond motifs is 2. The zero-order valence-electron chi connectivity index (χ0n) is 16.6. The van der Waals surface area contributed by atoms with Crippen LogP contribution in [0.15, 0.2) is 12.2 Å². The van der Waals surface area contributed by atoms with Gasteiger partial charge in [-0.15, -0.1) is 0 Å². The number of aromatic hydroxyl groups is 2. The van der Waals surface area contributed by atoms with E-state index in [0.717, 1.165) is 43.4 Å². The molecular formula is C23H32N2O3. The second-order valence-electron chi connectivity index (χ2n) is 9.25. The van der Waals surface area contributed by atoms with Crippen molar-refractivity contribution >= 4 is 5.91 Å². The third-order valence-electron chi connectivity index (χ3n) is 7.73. The topological polar surface area (TPSA) is 65.7 Å². The zero-order chi connectivity index (χ0) is 19.3. The van der Waals surface area contributed by atoms with Crippen LogP contribution in [0.2, 0.25) is 0 Å². The van der Waals surface area contributed by atoms with Crippen molar-refractivity contribution in [3.8, 4) is 11.8 Å². The first-order valence-corrected chi connectivity index (χ1v) is 11.3. The highest BCUT2D eigenvalue weighted by Gasteiger charge is 2.38. The number of aromatic nitrogens is 1. The molecule has 0 spiro atoms. The number of piperidine rings is 1. The predicted octanol–water partition coefficient (Wildman–Crippen LogP) is 4.39. The maximum absolute atomic E-state index is 12.9. The van der Waals surface area contributed by atoms with Crippen LogP contribution in [0.4, 0.5) is 0 Å². The Morgan fingerprint density at radius 2 is 1.57 bits per heavy atom. The fourth-order valence-electron chi connectivity index (χ4n) is 6.34. The molecule has 4 aliphatic carbocycles. The highest BCUT2D eigenvalue weighted by Crippen LogP contribution is 2.53. The summed E-state index contributed by atoms with van der Waals surface area (Å²) in [4.78, 5) is 15.1. The Kier molecular flexibility index (Phi) is 4.64. The number of carbonyl (C=O) groups is 1. The van der Waals surface area contributed by atoms with Gasteiger partial charge < -0.3 is 15.1 Å². The van der Waals surface area contributed by atoms with Crippen LogP contribution in [-0.2, 0) is 11.3 Å². The van der Waals surface area contributed by atoms with Gasteiger partial charge in [-0.2, -0.15) is 0 Å². The molecule has 6 rings (SSSR count). The third-order valence-corrected chi connectivity index (χ3v) is 7.73. The number of rotatable bonds is 4. The summed E-state index contributed by atoms with van der Waals surface area (Å²) in [7, 11) is 0. The van der Waals surface area contributed by atoms with Crippen molar-refractivity contribution < 1.29 is 15.0 Å². The summed E-state index contributed by atoms with van der Waals surface area (Å²) < 4.78 is 1.63. The first-order chi connectivity index (χ1) is 13.6. The molecule has 2 bridgehead atoms. The molecule has 1 aromatic heterocycles. The Bertz CT molecular complexity index is 757. The molecule has 5 heteroatoms. The summed E-state index contributed by atoms with van der Waals surface area (Å²) in [5, 5.41) is 21.4. The average molecular weight is 385 g/mol. The molecule has 2 N–H and O–H groups in total. The van der Waals surface area contributed by atoms with Gasteiger partial charge in [0.1, 0.15) is 0 Å². The molecule has 2 fully saturated rings. The molecule has 28 heavy (non-hydrogen) atoms. The Morgan fingerprint density at radius 1 is 0.929 bits per heavy atom. The normalized spacial score (nSPS) is 30.9. The van der Waals surface area contributed by atoms with Crippen molar-refractivity contribution in [1.82, 2.24) is 9.47 Å². The third kappa shape index (κ3) is 2.85. The van der Waals surface area contributed by atoms with Crippen LogP contribution in [0, 0.1) is 5.92 Å². The number of hydrogen-bond donors (Lipinski definition) is 2. The number of amides is 1. The van der Waals surface area contributed by atoms with Gasteiger partial charge in [0.05, 0.1) is 0 Å². The summed E-state index contributed by atoms with van der Waals surface area (Å²) in [5.41, 5.74) is 1.84. The first-order valence-electron chi connectivity index (χ1n) is 11.3. The minimum atomic E-state index is 0.212. The van der Waals surface area contributed by atoms with E-state index in [9.17, 15) is 15.0 Å². The second-order valence-corrected chi connectivity index (χ2v) is 9.25. The zero-order valence-corrected chi connectivity index (χ0v) is 16.6. The molecule has 2 heterocycles. The van der Waals surface area contributed by atoms with Crippen molar-refractivity contribution in [1.29, 1.82) is 0 Å². The maximum atomic E-state index is 12.9. The SMILES string of the molecule is O=C(CCCn1c(O)c2c(c1O)C1C=CC2CC1)N1CCCC2CCCCC21. The van der Waals surface area contributed by atoms with Crippen LogP contribution >= 0.6 is 0 Å². The van der Waals surface area contributed by atoms with Gasteiger partial charge >= 0.3 is 0 Å². The van der Waals surface area contributed by atoms with E-state index in [4.69, 9.17) is 0 Å². The van der Waals surface area contributed by atoms with Gasteiger partial charge in [-0.25, -0.2) is 0 Å². The molecule has 0 radical (unpaired) electrons. The van der Waals surface area contributed by atoms with Crippen molar-refractivity contribution in [3.05, 3.63) is 23.3 Å². The summed E-state index contributed by atoms with van der Waals surface area (Å²) in [6, 6.07) is 0.456. The Morgan fingerprint density at radius 3 is 2.25 bits per heavy atom. The van der Waals surface area contributed by atoms with E-state index in [1.807, 2.05) is 0 Å². The lowest BCUT2D eigenvalue weighted by molar-refractivity contribution is -0.137. The van der Waals surface area contributed by atoms with Gasteiger partial charge in [0, 0.05) is 48.5 Å². The molecule has 1 amide bonds. The van der Waals surface area contributed by atoms with Crippen LogP contribution in [0.25, 0.3) is 0 Å². The van der Waals surface area contributed by atoms with E-state index in [2.05, 4.69) is 17.1 Å². The van der Waals surface area contributed by atoms with Crippen LogP contribution < -0.4 is 0 Å². The Hall–Kier alpha value is -1.91. The van der Waals surface area contributed by atoms with E-state index < -0.39 is 0 Å². The van der Waals surface area contributed by atoms with Gasteiger partial charge in [0.2, 0.25) is 5.91 Å². The minimum absolute atomic E-state index is 0.212. The van der Waals surface area contributed by atoms with Crippen molar-refractivity contribution in [2.45, 2.75) is 88.6 Å². The average Bonchev–Trinajstić information content (AvgIpc) is 3.01. The quantitative estimate of drug-likeness (QED) is 0.757. The molecule has 4 unspecified atom stereocenters. The fraction of sp³-hybridized carbons (Fsp3) is 0.696. The van der Waals surface area contributed by atoms with Gasteiger partial charge in [0.25, 0.3) is 0 Å². The fourth-order valence-corrected chi connectivity index (χ4v) is 6.34. The number of allylic oxidation sites excluding steroid dienone is 2. The molecule has 4 atom stereocenters. The van der Waals surface area contributed by atoms with Gasteiger partial charge in [0.15, 0.2) is 11.8 Å². The number of likely N-dealkylation sites (tertiary alicyclic amines) is 1. The van der Waals surface area contributed by atoms with Crippen molar-refractivity contribution in [2.24, 2.45) is 5.92 Å². The lowest BCUT2D eigenvalue weighted by Gasteiger charge is -2.44. The Labute approximate surface area is 167 Å². The minimum Gasteiger partial charge on any atom is -0.494 e. The predicted molar refractivity (Wildman–Crippen MR) is 108 cm³/mol. The molecule has 1 saturated carbocycles. The summed E-state index contributed by atoms with van der Waals surface area (Å²) in [6.07, 6.45) is 15.0. The van der Waals surface area contributed by atoms with E-state index in [-0.39, 0.29) is 29.5 Å². The molecule has 1 aliphatic heterocycles. The van der Waals surface area contributed by atoms with E-state index >= 15 is 0 Å². The largest absolute Gasteiger partial charge is 0.494 e. The Balaban J connectivity index is 1.24. The van der Waals surface area contributed by atoms with E-state index in [0.29, 0.717) is 31.3 Å². The summed E-state index contributed by atoms with van der Waals surface area (Å²) >= 11 is 0. The van der Waals surface area contributed by atoms with Gasteiger partial charge in [-0.05, 0) is 50.9 Å².